The number of amides is 3. The van der Waals surface area contributed by atoms with Crippen molar-refractivity contribution in [3.8, 4) is 0 Å². The number of nitrogens with one attached hydrogen (secondary N) is 2. The van der Waals surface area contributed by atoms with Gasteiger partial charge in [-0.2, -0.15) is 0 Å². The van der Waals surface area contributed by atoms with Crippen LogP contribution in [-0.4, -0.2) is 41.9 Å². The van der Waals surface area contributed by atoms with Crippen LogP contribution in [-0.2, 0) is 14.4 Å². The maximum absolute atomic E-state index is 11.3. The summed E-state index contributed by atoms with van der Waals surface area (Å²) in [7, 11) is 0. The summed E-state index contributed by atoms with van der Waals surface area (Å²) in [5, 5.41) is 13.2. The Morgan fingerprint density at radius 1 is 1.28 bits per heavy atom. The number of carbonyl (C=O) groups excluding carboxylic acids is 3. The van der Waals surface area contributed by atoms with Crippen molar-refractivity contribution in [2.45, 2.75) is 31.7 Å². The molecule has 0 saturated heterocycles. The second-order valence-corrected chi connectivity index (χ2v) is 3.65. The number of nitrogens with two attached hydrogens (primary N) is 1. The van der Waals surface area contributed by atoms with E-state index in [1.165, 1.54) is 0 Å². The van der Waals surface area contributed by atoms with E-state index in [1.54, 1.807) is 0 Å². The van der Waals surface area contributed by atoms with Gasteiger partial charge in [-0.1, -0.05) is 0 Å². The van der Waals surface area contributed by atoms with E-state index in [2.05, 4.69) is 10.6 Å². The number of aliphatic carboxylic acids is 1. The lowest BCUT2D eigenvalue weighted by Gasteiger charge is -2.12. The van der Waals surface area contributed by atoms with Crippen molar-refractivity contribution in [1.82, 2.24) is 10.6 Å². The standard InChI is InChI=1S/C10H17N3O5/c11-8(15)2-1-5-12-10(18)13-7(6-14)3-4-9(16)17/h6-7H,1-5H2,(H2,11,15)(H,16,17)(H2,12,13,18). The Labute approximate surface area is 104 Å². The maximum Gasteiger partial charge on any atom is 0.315 e. The molecule has 0 aliphatic rings. The molecule has 8 nitrogen and oxygen atoms in total. The van der Waals surface area contributed by atoms with Crippen LogP contribution in [0.5, 0.6) is 0 Å². The molecular weight excluding hydrogens is 242 g/mol. The van der Waals surface area contributed by atoms with E-state index in [1.807, 2.05) is 0 Å². The zero-order chi connectivity index (χ0) is 14.0. The molecule has 3 amide bonds. The van der Waals surface area contributed by atoms with Gasteiger partial charge in [0, 0.05) is 19.4 Å². The lowest BCUT2D eigenvalue weighted by atomic mass is 10.2. The quantitative estimate of drug-likeness (QED) is 0.310. The Kier molecular flexibility index (Phi) is 7.91. The van der Waals surface area contributed by atoms with Crippen molar-refractivity contribution in [3.63, 3.8) is 0 Å². The number of urea groups is 1. The topological polar surface area (TPSA) is 139 Å². The smallest absolute Gasteiger partial charge is 0.315 e. The molecule has 0 saturated carbocycles. The average molecular weight is 259 g/mol. The fourth-order valence-electron chi connectivity index (χ4n) is 1.14. The van der Waals surface area contributed by atoms with E-state index in [4.69, 9.17) is 10.8 Å². The van der Waals surface area contributed by atoms with Crippen molar-refractivity contribution in [1.29, 1.82) is 0 Å². The summed E-state index contributed by atoms with van der Waals surface area (Å²) in [6.45, 7) is 0.249. The molecule has 8 heteroatoms. The lowest BCUT2D eigenvalue weighted by molar-refractivity contribution is -0.137. The number of rotatable bonds is 9. The minimum atomic E-state index is -1.04. The van der Waals surface area contributed by atoms with Crippen molar-refractivity contribution in [2.75, 3.05) is 6.54 Å². The number of hydrogen-bond acceptors (Lipinski definition) is 4. The molecule has 0 aromatic rings. The van der Waals surface area contributed by atoms with E-state index in [9.17, 15) is 19.2 Å². The summed E-state index contributed by atoms with van der Waals surface area (Å²) in [5.74, 6) is -1.49. The predicted molar refractivity (Wildman–Crippen MR) is 61.7 cm³/mol. The van der Waals surface area contributed by atoms with Crippen LogP contribution in [0.15, 0.2) is 0 Å². The normalized spacial score (nSPS) is 11.3. The van der Waals surface area contributed by atoms with E-state index in [0.717, 1.165) is 0 Å². The summed E-state index contributed by atoms with van der Waals surface area (Å²) in [4.78, 5) is 42.5. The first-order valence-electron chi connectivity index (χ1n) is 5.45. The monoisotopic (exact) mass is 259 g/mol. The van der Waals surface area contributed by atoms with Crippen LogP contribution in [0.4, 0.5) is 4.79 Å². The highest BCUT2D eigenvalue weighted by molar-refractivity contribution is 5.78. The Morgan fingerprint density at radius 2 is 1.94 bits per heavy atom. The summed E-state index contributed by atoms with van der Waals surface area (Å²) in [6, 6.07) is -1.42. The molecule has 1 unspecified atom stereocenters. The van der Waals surface area contributed by atoms with E-state index < -0.39 is 23.9 Å². The van der Waals surface area contributed by atoms with Crippen molar-refractivity contribution in [3.05, 3.63) is 0 Å². The van der Waals surface area contributed by atoms with Crippen LogP contribution >= 0.6 is 0 Å². The summed E-state index contributed by atoms with van der Waals surface area (Å²) < 4.78 is 0. The number of hydrogen-bond donors (Lipinski definition) is 4. The van der Waals surface area contributed by atoms with Gasteiger partial charge in [0.2, 0.25) is 5.91 Å². The molecule has 0 heterocycles. The van der Waals surface area contributed by atoms with Crippen LogP contribution < -0.4 is 16.4 Å². The van der Waals surface area contributed by atoms with Crippen molar-refractivity contribution in [2.24, 2.45) is 5.73 Å². The van der Waals surface area contributed by atoms with E-state index in [0.29, 0.717) is 12.7 Å². The lowest BCUT2D eigenvalue weighted by Crippen LogP contribution is -2.43. The highest BCUT2D eigenvalue weighted by Gasteiger charge is 2.12. The summed E-state index contributed by atoms with van der Waals surface area (Å²) in [5.41, 5.74) is 4.91. The second kappa shape index (κ2) is 8.97. The second-order valence-electron chi connectivity index (χ2n) is 3.65. The highest BCUT2D eigenvalue weighted by Crippen LogP contribution is 1.94. The fraction of sp³-hybridized carbons (Fsp3) is 0.600. The number of aldehydes is 1. The molecule has 0 spiro atoms. The largest absolute Gasteiger partial charge is 0.481 e. The molecule has 0 aliphatic carbocycles. The molecular formula is C10H17N3O5. The third kappa shape index (κ3) is 9.13. The first-order chi connectivity index (χ1) is 8.45. The molecule has 0 aliphatic heterocycles. The molecule has 0 fully saturated rings. The highest BCUT2D eigenvalue weighted by atomic mass is 16.4. The molecule has 18 heavy (non-hydrogen) atoms. The van der Waals surface area contributed by atoms with Gasteiger partial charge in [0.25, 0.3) is 0 Å². The summed E-state index contributed by atoms with van der Waals surface area (Å²) in [6.07, 6.45) is 0.880. The van der Waals surface area contributed by atoms with Crippen LogP contribution in [0.3, 0.4) is 0 Å². The zero-order valence-corrected chi connectivity index (χ0v) is 9.85. The van der Waals surface area contributed by atoms with Gasteiger partial charge in [-0.25, -0.2) is 4.79 Å². The zero-order valence-electron chi connectivity index (χ0n) is 9.85. The van der Waals surface area contributed by atoms with Gasteiger partial charge in [0.05, 0.1) is 6.04 Å². The molecule has 0 aromatic carbocycles. The Hall–Kier alpha value is -2.12. The molecule has 0 bridgehead atoms. The average Bonchev–Trinajstić information content (AvgIpc) is 2.29. The third-order valence-corrected chi connectivity index (χ3v) is 2.04. The van der Waals surface area contributed by atoms with E-state index >= 15 is 0 Å². The van der Waals surface area contributed by atoms with Gasteiger partial charge >= 0.3 is 12.0 Å². The predicted octanol–water partition coefficient (Wildman–Crippen LogP) is -1.02. The maximum atomic E-state index is 11.3. The first kappa shape index (κ1) is 15.9. The molecule has 5 N–H and O–H groups in total. The van der Waals surface area contributed by atoms with Gasteiger partial charge < -0.3 is 26.3 Å². The van der Waals surface area contributed by atoms with Gasteiger partial charge in [0.15, 0.2) is 0 Å². The van der Waals surface area contributed by atoms with Crippen LogP contribution in [0, 0.1) is 0 Å². The van der Waals surface area contributed by atoms with Gasteiger partial charge in [0.1, 0.15) is 6.29 Å². The number of primary amides is 1. The van der Waals surface area contributed by atoms with Gasteiger partial charge in [-0.3, -0.25) is 9.59 Å². The Morgan fingerprint density at radius 3 is 2.44 bits per heavy atom. The van der Waals surface area contributed by atoms with Crippen molar-refractivity contribution < 1.29 is 24.3 Å². The molecule has 0 aromatic heterocycles. The van der Waals surface area contributed by atoms with Crippen LogP contribution in [0.2, 0.25) is 0 Å². The summed E-state index contributed by atoms with van der Waals surface area (Å²) >= 11 is 0. The molecule has 102 valence electrons. The van der Waals surface area contributed by atoms with Crippen molar-refractivity contribution >= 4 is 24.2 Å². The number of carboxylic acid groups (broad SMARTS) is 1. The molecule has 0 radical (unpaired) electrons. The van der Waals surface area contributed by atoms with Gasteiger partial charge in [-0.15, -0.1) is 0 Å². The fourth-order valence-corrected chi connectivity index (χ4v) is 1.14. The SMILES string of the molecule is NC(=O)CCCNC(=O)NC(C=O)CCC(=O)O. The van der Waals surface area contributed by atoms with Crippen LogP contribution in [0.1, 0.15) is 25.7 Å². The minimum absolute atomic E-state index is 0.0353. The molecule has 1 atom stereocenters. The number of carboxylic acids is 1. The van der Waals surface area contributed by atoms with Crippen LogP contribution in [0.25, 0.3) is 0 Å². The van der Waals surface area contributed by atoms with E-state index in [-0.39, 0.29) is 25.8 Å². The first-order valence-corrected chi connectivity index (χ1v) is 5.45. The third-order valence-electron chi connectivity index (χ3n) is 2.04. The number of carbonyl (C=O) groups is 4. The minimum Gasteiger partial charge on any atom is -0.481 e. The Bertz CT molecular complexity index is 319. The Balaban J connectivity index is 3.79. The van der Waals surface area contributed by atoms with Gasteiger partial charge in [-0.05, 0) is 12.8 Å². The molecule has 0 rings (SSSR count).